The number of benzene rings is 1. The van der Waals surface area contributed by atoms with Crippen molar-refractivity contribution in [3.63, 3.8) is 0 Å². The van der Waals surface area contributed by atoms with Crippen LogP contribution in [0.5, 0.6) is 0 Å². The number of halogens is 2. The van der Waals surface area contributed by atoms with Crippen molar-refractivity contribution < 1.29 is 8.78 Å². The van der Waals surface area contributed by atoms with Gasteiger partial charge < -0.3 is 15.5 Å². The Morgan fingerprint density at radius 1 is 1.26 bits per heavy atom. The molecule has 1 heterocycles. The van der Waals surface area contributed by atoms with Crippen LogP contribution in [0.4, 0.5) is 14.5 Å². The summed E-state index contributed by atoms with van der Waals surface area (Å²) in [7, 11) is 3.91. The lowest BCUT2D eigenvalue weighted by Gasteiger charge is -2.36. The van der Waals surface area contributed by atoms with Gasteiger partial charge in [0.1, 0.15) is 0 Å². The summed E-state index contributed by atoms with van der Waals surface area (Å²) >= 11 is 0. The molecule has 0 unspecified atom stereocenters. The fourth-order valence-electron chi connectivity index (χ4n) is 2.59. The number of nitrogens with two attached hydrogens (primary N) is 1. The van der Waals surface area contributed by atoms with Gasteiger partial charge >= 0.3 is 0 Å². The molecular formula is C14H21F2N3. The predicted octanol–water partition coefficient (Wildman–Crippen LogP) is 1.95. The molecule has 1 saturated heterocycles. The third-order valence-corrected chi connectivity index (χ3v) is 3.98. The molecule has 0 amide bonds. The van der Waals surface area contributed by atoms with Crippen LogP contribution in [0.2, 0.25) is 0 Å². The van der Waals surface area contributed by atoms with Crippen LogP contribution in [0.15, 0.2) is 12.1 Å². The zero-order valence-electron chi connectivity index (χ0n) is 11.5. The molecule has 1 aliphatic rings. The van der Waals surface area contributed by atoms with E-state index in [-0.39, 0.29) is 18.2 Å². The number of anilines is 1. The number of nitrogens with zero attached hydrogens (tertiary/aromatic N) is 2. The van der Waals surface area contributed by atoms with E-state index in [0.717, 1.165) is 25.9 Å². The molecule has 2 N–H and O–H groups in total. The highest BCUT2D eigenvalue weighted by molar-refractivity contribution is 5.50. The Bertz CT molecular complexity index is 443. The van der Waals surface area contributed by atoms with Crippen LogP contribution in [0.3, 0.4) is 0 Å². The van der Waals surface area contributed by atoms with Gasteiger partial charge in [-0.2, -0.15) is 0 Å². The molecule has 0 bridgehead atoms. The molecule has 0 radical (unpaired) electrons. The summed E-state index contributed by atoms with van der Waals surface area (Å²) in [6.45, 7) is 1.99. The maximum absolute atomic E-state index is 14.0. The highest BCUT2D eigenvalue weighted by atomic mass is 19.2. The van der Waals surface area contributed by atoms with E-state index >= 15 is 0 Å². The summed E-state index contributed by atoms with van der Waals surface area (Å²) in [5.74, 6) is -1.61. The summed E-state index contributed by atoms with van der Waals surface area (Å²) in [6, 6.07) is 3.45. The molecule has 106 valence electrons. The molecule has 0 atom stereocenters. The summed E-state index contributed by atoms with van der Waals surface area (Å²) in [5, 5.41) is 0. The van der Waals surface area contributed by atoms with Gasteiger partial charge in [0.25, 0.3) is 0 Å². The maximum Gasteiger partial charge on any atom is 0.182 e. The Morgan fingerprint density at radius 2 is 1.89 bits per heavy atom. The molecule has 0 aliphatic carbocycles. The minimum Gasteiger partial charge on any atom is -0.369 e. The van der Waals surface area contributed by atoms with Crippen LogP contribution in [0.1, 0.15) is 18.4 Å². The zero-order chi connectivity index (χ0) is 14.0. The number of hydrogen-bond donors (Lipinski definition) is 1. The van der Waals surface area contributed by atoms with E-state index < -0.39 is 11.6 Å². The number of hydrogen-bond acceptors (Lipinski definition) is 3. The number of likely N-dealkylation sites (tertiary alicyclic amines) is 1. The average Bonchev–Trinajstić information content (AvgIpc) is 2.42. The van der Waals surface area contributed by atoms with Crippen LogP contribution >= 0.6 is 0 Å². The van der Waals surface area contributed by atoms with Gasteiger partial charge in [0.05, 0.1) is 5.69 Å². The first-order valence-corrected chi connectivity index (χ1v) is 6.63. The molecule has 3 nitrogen and oxygen atoms in total. The van der Waals surface area contributed by atoms with Gasteiger partial charge in [0, 0.05) is 25.2 Å². The molecule has 1 aromatic carbocycles. The van der Waals surface area contributed by atoms with Crippen LogP contribution in [-0.2, 0) is 6.54 Å². The third-order valence-electron chi connectivity index (χ3n) is 3.98. The van der Waals surface area contributed by atoms with E-state index in [0.29, 0.717) is 5.69 Å². The van der Waals surface area contributed by atoms with Crippen LogP contribution in [0, 0.1) is 11.6 Å². The predicted molar refractivity (Wildman–Crippen MR) is 73.2 cm³/mol. The molecule has 1 aromatic rings. The number of piperidine rings is 1. The highest BCUT2D eigenvalue weighted by Crippen LogP contribution is 2.27. The smallest absolute Gasteiger partial charge is 0.182 e. The van der Waals surface area contributed by atoms with Crippen LogP contribution < -0.4 is 10.6 Å². The molecule has 5 heteroatoms. The maximum atomic E-state index is 14.0. The van der Waals surface area contributed by atoms with E-state index in [1.807, 2.05) is 11.9 Å². The Labute approximate surface area is 113 Å². The molecule has 0 spiro atoms. The van der Waals surface area contributed by atoms with Crippen LogP contribution in [-0.4, -0.2) is 38.1 Å². The molecule has 0 saturated carbocycles. The summed E-state index contributed by atoms with van der Waals surface area (Å²) in [5.41, 5.74) is 5.92. The lowest BCUT2D eigenvalue weighted by Crippen LogP contribution is -2.42. The Morgan fingerprint density at radius 3 is 2.47 bits per heavy atom. The molecule has 1 aliphatic heterocycles. The normalized spacial score (nSPS) is 17.7. The monoisotopic (exact) mass is 269 g/mol. The van der Waals surface area contributed by atoms with Crippen molar-refractivity contribution in [1.82, 2.24) is 4.90 Å². The molecular weight excluding hydrogens is 248 g/mol. The summed E-state index contributed by atoms with van der Waals surface area (Å²) < 4.78 is 27.8. The minimum absolute atomic E-state index is 0.0149. The second kappa shape index (κ2) is 5.84. The van der Waals surface area contributed by atoms with Crippen molar-refractivity contribution in [2.75, 3.05) is 32.1 Å². The fourth-order valence-corrected chi connectivity index (χ4v) is 2.59. The largest absolute Gasteiger partial charge is 0.369 e. The highest BCUT2D eigenvalue weighted by Gasteiger charge is 2.24. The quantitative estimate of drug-likeness (QED) is 0.910. The fraction of sp³-hybridized carbons (Fsp3) is 0.571. The summed E-state index contributed by atoms with van der Waals surface area (Å²) in [6.07, 6.45) is 1.93. The van der Waals surface area contributed by atoms with E-state index in [9.17, 15) is 8.78 Å². The molecule has 0 aromatic heterocycles. The van der Waals surface area contributed by atoms with Gasteiger partial charge in [-0.15, -0.1) is 0 Å². The van der Waals surface area contributed by atoms with Gasteiger partial charge in [0.2, 0.25) is 0 Å². The van der Waals surface area contributed by atoms with Crippen molar-refractivity contribution in [2.45, 2.75) is 25.4 Å². The van der Waals surface area contributed by atoms with Crippen molar-refractivity contribution in [2.24, 2.45) is 5.73 Å². The lowest BCUT2D eigenvalue weighted by atomic mass is 10.0. The Balaban J connectivity index is 2.19. The SMILES string of the molecule is CN1CCC(N(C)c2ccc(CN)c(F)c2F)CC1. The molecule has 2 rings (SSSR count). The van der Waals surface area contributed by atoms with Crippen LogP contribution in [0.25, 0.3) is 0 Å². The van der Waals surface area contributed by atoms with Gasteiger partial charge in [-0.3, -0.25) is 0 Å². The van der Waals surface area contributed by atoms with Gasteiger partial charge in [-0.05, 0) is 39.0 Å². The van der Waals surface area contributed by atoms with Gasteiger partial charge in [0.15, 0.2) is 11.6 Å². The standard InChI is InChI=1S/C14H21F2N3/c1-18-7-5-11(6-8-18)19(2)12-4-3-10(9-17)13(15)14(12)16/h3-4,11H,5-9,17H2,1-2H3. The van der Waals surface area contributed by atoms with Crippen molar-refractivity contribution in [3.05, 3.63) is 29.3 Å². The van der Waals surface area contributed by atoms with E-state index in [1.54, 1.807) is 12.1 Å². The van der Waals surface area contributed by atoms with Crippen molar-refractivity contribution >= 4 is 5.69 Å². The second-order valence-corrected chi connectivity index (χ2v) is 5.22. The number of rotatable bonds is 3. The van der Waals surface area contributed by atoms with Gasteiger partial charge in [-0.25, -0.2) is 8.78 Å². The molecule has 1 fully saturated rings. The first-order valence-electron chi connectivity index (χ1n) is 6.63. The first-order chi connectivity index (χ1) is 9.04. The third kappa shape index (κ3) is 2.87. The lowest BCUT2D eigenvalue weighted by molar-refractivity contribution is 0.252. The molecule has 19 heavy (non-hydrogen) atoms. The Hall–Kier alpha value is -1.20. The van der Waals surface area contributed by atoms with E-state index in [4.69, 9.17) is 5.73 Å². The van der Waals surface area contributed by atoms with Crippen molar-refractivity contribution in [3.8, 4) is 0 Å². The second-order valence-electron chi connectivity index (χ2n) is 5.22. The zero-order valence-corrected chi connectivity index (χ0v) is 11.5. The minimum atomic E-state index is -0.820. The Kier molecular flexibility index (Phi) is 4.37. The van der Waals surface area contributed by atoms with Gasteiger partial charge in [-0.1, -0.05) is 6.07 Å². The topological polar surface area (TPSA) is 32.5 Å². The van der Waals surface area contributed by atoms with E-state index in [1.165, 1.54) is 0 Å². The van der Waals surface area contributed by atoms with Crippen molar-refractivity contribution in [1.29, 1.82) is 0 Å². The average molecular weight is 269 g/mol. The van der Waals surface area contributed by atoms with E-state index in [2.05, 4.69) is 11.9 Å². The summed E-state index contributed by atoms with van der Waals surface area (Å²) in [4.78, 5) is 4.10. The first kappa shape index (κ1) is 14.2.